The molecular formula is C39H39NO5. The average molecular weight is 602 g/mol. The minimum absolute atomic E-state index is 0.0606. The van der Waals surface area contributed by atoms with Crippen molar-refractivity contribution in [3.05, 3.63) is 139 Å². The zero-order valence-electron chi connectivity index (χ0n) is 26.1. The van der Waals surface area contributed by atoms with E-state index in [-0.39, 0.29) is 41.6 Å². The molecule has 45 heavy (non-hydrogen) atoms. The molecule has 0 amide bonds. The van der Waals surface area contributed by atoms with Crippen LogP contribution >= 0.6 is 0 Å². The first-order valence-corrected chi connectivity index (χ1v) is 15.2. The normalized spacial score (nSPS) is 13.0. The van der Waals surface area contributed by atoms with Gasteiger partial charge in [0.15, 0.2) is 0 Å². The molecule has 0 saturated heterocycles. The lowest BCUT2D eigenvalue weighted by Gasteiger charge is -2.19. The van der Waals surface area contributed by atoms with Crippen LogP contribution in [0.15, 0.2) is 60.7 Å². The first-order chi connectivity index (χ1) is 21.4. The van der Waals surface area contributed by atoms with Crippen molar-refractivity contribution < 1.29 is 25.5 Å². The molecule has 0 atom stereocenters. The molecule has 1 aliphatic rings. The summed E-state index contributed by atoms with van der Waals surface area (Å²) < 4.78 is 0. The van der Waals surface area contributed by atoms with E-state index in [1.54, 1.807) is 12.1 Å². The van der Waals surface area contributed by atoms with Crippen molar-refractivity contribution in [3.63, 3.8) is 0 Å². The molecule has 10 bridgehead atoms. The van der Waals surface area contributed by atoms with Gasteiger partial charge in [0.1, 0.15) is 28.7 Å². The van der Waals surface area contributed by atoms with Crippen molar-refractivity contribution in [2.24, 2.45) is 0 Å². The van der Waals surface area contributed by atoms with E-state index in [1.165, 1.54) is 0 Å². The average Bonchev–Trinajstić information content (AvgIpc) is 2.96. The van der Waals surface area contributed by atoms with Gasteiger partial charge in [0.25, 0.3) is 0 Å². The molecule has 6 nitrogen and oxygen atoms in total. The second-order valence-corrected chi connectivity index (χ2v) is 12.8. The van der Waals surface area contributed by atoms with Crippen LogP contribution in [0.3, 0.4) is 0 Å². The minimum atomic E-state index is 0.0606. The fourth-order valence-corrected chi connectivity index (χ4v) is 6.90. The van der Waals surface area contributed by atoms with Crippen LogP contribution in [0.4, 0.5) is 5.69 Å². The number of phenolic OH excluding ortho intramolecular Hbond substituents is 5. The molecule has 0 unspecified atom stereocenters. The molecule has 6 rings (SSSR count). The van der Waals surface area contributed by atoms with E-state index >= 15 is 0 Å². The quantitative estimate of drug-likeness (QED) is 0.0801. The fraction of sp³-hybridized carbons (Fsp3) is 0.231. The standard InChI is InChI=1S/C39H39NO5/c1-20-5-24-13-25-6-21(2)8-27(36(25)42)15-29-10-23(4)12-31(38(29)44)17-33-19-34(40)18-32(39(33)45)16-30-11-22(3)9-28(37(30)43)14-26(7-20)35(24)41/h5-12,18-19,41-45H,13-17,40H2,1-4H3. The summed E-state index contributed by atoms with van der Waals surface area (Å²) in [7, 11) is 0. The zero-order valence-corrected chi connectivity index (χ0v) is 26.1. The van der Waals surface area contributed by atoms with E-state index in [0.717, 1.165) is 22.3 Å². The van der Waals surface area contributed by atoms with Gasteiger partial charge in [-0.1, -0.05) is 70.8 Å². The van der Waals surface area contributed by atoms with E-state index in [2.05, 4.69) is 0 Å². The van der Waals surface area contributed by atoms with E-state index in [4.69, 9.17) is 5.73 Å². The van der Waals surface area contributed by atoms with Crippen LogP contribution in [0.25, 0.3) is 0 Å². The van der Waals surface area contributed by atoms with Gasteiger partial charge in [0.2, 0.25) is 0 Å². The third kappa shape index (κ3) is 5.88. The first-order valence-electron chi connectivity index (χ1n) is 15.2. The minimum Gasteiger partial charge on any atom is -0.507 e. The summed E-state index contributed by atoms with van der Waals surface area (Å²) in [5.74, 6) is 0.508. The molecule has 0 spiro atoms. The maximum absolute atomic E-state index is 11.5. The van der Waals surface area contributed by atoms with Crippen molar-refractivity contribution in [1.29, 1.82) is 0 Å². The van der Waals surface area contributed by atoms with Crippen LogP contribution in [0.5, 0.6) is 28.7 Å². The van der Waals surface area contributed by atoms with Gasteiger partial charge in [-0.15, -0.1) is 0 Å². The number of benzene rings is 5. The highest BCUT2D eigenvalue weighted by Crippen LogP contribution is 2.39. The third-order valence-electron chi connectivity index (χ3n) is 8.84. The Morgan fingerprint density at radius 1 is 0.333 bits per heavy atom. The Kier molecular flexibility index (Phi) is 7.61. The van der Waals surface area contributed by atoms with Crippen molar-refractivity contribution in [1.82, 2.24) is 0 Å². The monoisotopic (exact) mass is 601 g/mol. The number of hydrogen-bond acceptors (Lipinski definition) is 6. The predicted molar refractivity (Wildman–Crippen MR) is 178 cm³/mol. The number of anilines is 1. The molecule has 5 aromatic rings. The van der Waals surface area contributed by atoms with Gasteiger partial charge in [-0.3, -0.25) is 0 Å². The molecule has 0 radical (unpaired) electrons. The molecule has 0 aliphatic heterocycles. The molecule has 1 aliphatic carbocycles. The van der Waals surface area contributed by atoms with Crippen LogP contribution in [-0.4, -0.2) is 25.5 Å². The molecule has 0 saturated carbocycles. The number of aryl methyl sites for hydroxylation is 4. The van der Waals surface area contributed by atoms with Gasteiger partial charge < -0.3 is 31.3 Å². The smallest absolute Gasteiger partial charge is 0.122 e. The van der Waals surface area contributed by atoms with Gasteiger partial charge in [0, 0.05) is 48.9 Å². The molecule has 0 aromatic heterocycles. The lowest BCUT2D eigenvalue weighted by Crippen LogP contribution is -2.03. The van der Waals surface area contributed by atoms with E-state index in [1.807, 2.05) is 76.2 Å². The number of rotatable bonds is 0. The van der Waals surface area contributed by atoms with Crippen molar-refractivity contribution in [3.8, 4) is 28.7 Å². The van der Waals surface area contributed by atoms with E-state index in [0.29, 0.717) is 80.6 Å². The van der Waals surface area contributed by atoms with Crippen LogP contribution in [0.2, 0.25) is 0 Å². The van der Waals surface area contributed by atoms with Gasteiger partial charge in [-0.25, -0.2) is 0 Å². The summed E-state index contributed by atoms with van der Waals surface area (Å²) in [6.07, 6.45) is 1.40. The zero-order chi connectivity index (χ0) is 32.2. The molecule has 6 heteroatoms. The van der Waals surface area contributed by atoms with Gasteiger partial charge >= 0.3 is 0 Å². The highest BCUT2D eigenvalue weighted by Gasteiger charge is 2.21. The predicted octanol–water partition coefficient (Wildman–Crippen LogP) is 7.30. The van der Waals surface area contributed by atoms with Crippen molar-refractivity contribution >= 4 is 5.69 Å². The molecule has 0 heterocycles. The molecule has 5 aromatic carbocycles. The SMILES string of the molecule is Cc1cc2c(O)c(c1)Cc1cc(C)cc(c1O)Cc1cc(N)cc(c1O)Cc1cc(C)cc(c1O)Cc1cc(C)cc(c1O)C2. The van der Waals surface area contributed by atoms with E-state index in [9.17, 15) is 25.5 Å². The maximum atomic E-state index is 11.5. The number of nitrogens with two attached hydrogens (primary N) is 1. The van der Waals surface area contributed by atoms with Crippen LogP contribution in [-0.2, 0) is 32.1 Å². The molecule has 7 N–H and O–H groups in total. The summed E-state index contributed by atoms with van der Waals surface area (Å²) in [6, 6.07) is 18.7. The third-order valence-corrected chi connectivity index (χ3v) is 8.84. The largest absolute Gasteiger partial charge is 0.507 e. The Bertz CT molecular complexity index is 1540. The highest BCUT2D eigenvalue weighted by molar-refractivity contribution is 5.60. The Morgan fingerprint density at radius 2 is 0.489 bits per heavy atom. The van der Waals surface area contributed by atoms with Crippen molar-refractivity contribution in [2.45, 2.75) is 59.8 Å². The fourth-order valence-electron chi connectivity index (χ4n) is 6.90. The number of nitrogen functional groups attached to an aromatic ring is 1. The molecule has 0 fully saturated rings. The summed E-state index contributed by atoms with van der Waals surface area (Å²) in [5.41, 5.74) is 17.0. The van der Waals surface area contributed by atoms with E-state index < -0.39 is 0 Å². The highest BCUT2D eigenvalue weighted by atomic mass is 16.3. The lowest BCUT2D eigenvalue weighted by atomic mass is 9.89. The summed E-state index contributed by atoms with van der Waals surface area (Å²) in [4.78, 5) is 0. The van der Waals surface area contributed by atoms with Crippen LogP contribution < -0.4 is 5.73 Å². The summed E-state index contributed by atoms with van der Waals surface area (Å²) in [5, 5.41) is 57.4. The number of hydrogen-bond donors (Lipinski definition) is 6. The van der Waals surface area contributed by atoms with Crippen LogP contribution in [0, 0.1) is 27.7 Å². The number of phenols is 5. The Balaban J connectivity index is 1.60. The lowest BCUT2D eigenvalue weighted by molar-refractivity contribution is 0.450. The Hall–Kier alpha value is -5.10. The van der Waals surface area contributed by atoms with Gasteiger partial charge in [-0.2, -0.15) is 0 Å². The summed E-state index contributed by atoms with van der Waals surface area (Å²) >= 11 is 0. The second-order valence-electron chi connectivity index (χ2n) is 12.8. The number of fused-ring (bicyclic) bond motifs is 10. The maximum Gasteiger partial charge on any atom is 0.122 e. The van der Waals surface area contributed by atoms with Crippen molar-refractivity contribution in [2.75, 3.05) is 5.73 Å². The van der Waals surface area contributed by atoms with Gasteiger partial charge in [0.05, 0.1) is 0 Å². The van der Waals surface area contributed by atoms with Crippen LogP contribution in [0.1, 0.15) is 77.9 Å². The topological polar surface area (TPSA) is 127 Å². The molecular weight excluding hydrogens is 562 g/mol. The number of aromatic hydroxyl groups is 5. The summed E-state index contributed by atoms with van der Waals surface area (Å²) in [6.45, 7) is 7.83. The Labute approximate surface area is 263 Å². The second kappa shape index (κ2) is 11.4. The Morgan fingerprint density at radius 3 is 0.667 bits per heavy atom. The first kappa shape index (κ1) is 29.9. The van der Waals surface area contributed by atoms with Gasteiger partial charge in [-0.05, 0) is 84.3 Å². The molecule has 230 valence electrons.